The largest absolute Gasteiger partial charge is 0.261 e. The average Bonchev–Trinajstić information content (AvgIpc) is 2.52. The van der Waals surface area contributed by atoms with Crippen molar-refractivity contribution in [3.05, 3.63) is 11.9 Å². The second kappa shape index (κ2) is 2.75. The third kappa shape index (κ3) is 1.06. The summed E-state index contributed by atoms with van der Waals surface area (Å²) >= 11 is 1.53. The smallest absolute Gasteiger partial charge is 0.189 e. The van der Waals surface area contributed by atoms with Gasteiger partial charge >= 0.3 is 0 Å². The molecule has 4 nitrogen and oxygen atoms in total. The molecule has 1 N–H and O–H groups in total. The first-order valence-corrected chi connectivity index (χ1v) is 4.75. The summed E-state index contributed by atoms with van der Waals surface area (Å²) in [6.45, 7) is 1.96. The molecular weight excluding hydrogens is 172 g/mol. The molecule has 0 saturated carbocycles. The molecule has 2 aromatic rings. The van der Waals surface area contributed by atoms with Crippen LogP contribution in [-0.2, 0) is 0 Å². The fourth-order valence-corrected chi connectivity index (χ4v) is 1.46. The zero-order chi connectivity index (χ0) is 8.55. The summed E-state index contributed by atoms with van der Waals surface area (Å²) in [7, 11) is 0. The van der Waals surface area contributed by atoms with Crippen LogP contribution < -0.4 is 0 Å². The van der Waals surface area contributed by atoms with Gasteiger partial charge in [0.05, 0.1) is 17.3 Å². The van der Waals surface area contributed by atoms with Gasteiger partial charge in [-0.25, -0.2) is 9.97 Å². The van der Waals surface area contributed by atoms with Crippen molar-refractivity contribution in [1.29, 1.82) is 0 Å². The van der Waals surface area contributed by atoms with E-state index in [4.69, 9.17) is 0 Å². The second-order valence-corrected chi connectivity index (χ2v) is 3.20. The van der Waals surface area contributed by atoms with Crippen LogP contribution in [0.1, 0.15) is 5.69 Å². The maximum absolute atomic E-state index is 4.28. The molecule has 2 rings (SSSR count). The highest BCUT2D eigenvalue weighted by molar-refractivity contribution is 7.98. The van der Waals surface area contributed by atoms with E-state index in [1.54, 1.807) is 6.20 Å². The summed E-state index contributed by atoms with van der Waals surface area (Å²) in [5, 5.41) is 8.50. The molecule has 0 unspecified atom stereocenters. The molecule has 5 heteroatoms. The Labute approximate surface area is 73.8 Å². The number of hydrogen-bond acceptors (Lipinski definition) is 4. The van der Waals surface area contributed by atoms with Crippen LogP contribution in [0.3, 0.4) is 0 Å². The zero-order valence-electron chi connectivity index (χ0n) is 6.83. The summed E-state index contributed by atoms with van der Waals surface area (Å²) < 4.78 is 0. The van der Waals surface area contributed by atoms with Crippen LogP contribution in [0.4, 0.5) is 0 Å². The van der Waals surface area contributed by atoms with Crippen LogP contribution in [-0.4, -0.2) is 26.4 Å². The molecule has 12 heavy (non-hydrogen) atoms. The number of fused-ring (bicyclic) bond motifs is 1. The van der Waals surface area contributed by atoms with Gasteiger partial charge in [-0.1, -0.05) is 11.8 Å². The quantitative estimate of drug-likeness (QED) is 0.532. The summed E-state index contributed by atoms with van der Waals surface area (Å²) in [6, 6.07) is 0. The van der Waals surface area contributed by atoms with Crippen LogP contribution in [0.15, 0.2) is 11.4 Å². The lowest BCUT2D eigenvalue weighted by molar-refractivity contribution is 0.957. The molecular formula is C7H8N4S. The Morgan fingerprint density at radius 1 is 1.42 bits per heavy atom. The Balaban J connectivity index is 2.75. The Hall–Kier alpha value is -1.10. The van der Waals surface area contributed by atoms with Gasteiger partial charge in [-0.3, -0.25) is 5.10 Å². The van der Waals surface area contributed by atoms with Gasteiger partial charge in [0.15, 0.2) is 10.8 Å². The highest BCUT2D eigenvalue weighted by Crippen LogP contribution is 2.16. The van der Waals surface area contributed by atoms with Gasteiger partial charge < -0.3 is 0 Å². The van der Waals surface area contributed by atoms with E-state index in [1.165, 1.54) is 11.8 Å². The third-order valence-electron chi connectivity index (χ3n) is 1.66. The predicted molar refractivity (Wildman–Crippen MR) is 48.2 cm³/mol. The van der Waals surface area contributed by atoms with Crippen LogP contribution in [0, 0.1) is 6.92 Å². The van der Waals surface area contributed by atoms with Gasteiger partial charge in [0, 0.05) is 0 Å². The van der Waals surface area contributed by atoms with Crippen molar-refractivity contribution >= 4 is 22.8 Å². The number of aromatic amines is 1. The van der Waals surface area contributed by atoms with Gasteiger partial charge in [-0.15, -0.1) is 0 Å². The molecule has 0 aliphatic rings. The molecule has 0 radical (unpaired) electrons. The van der Waals surface area contributed by atoms with Gasteiger partial charge in [0.1, 0.15) is 0 Å². The van der Waals surface area contributed by atoms with Crippen molar-refractivity contribution in [2.24, 2.45) is 0 Å². The summed E-state index contributed by atoms with van der Waals surface area (Å²) in [5.41, 5.74) is 1.78. The number of hydrogen-bond donors (Lipinski definition) is 1. The molecule has 0 saturated heterocycles. The molecule has 62 valence electrons. The topological polar surface area (TPSA) is 54.5 Å². The van der Waals surface area contributed by atoms with Crippen molar-refractivity contribution < 1.29 is 0 Å². The Bertz CT molecular complexity index is 409. The SMILES string of the molecule is CSc1nc(C)c2cn[nH]c2n1. The minimum absolute atomic E-state index is 0.782. The average molecular weight is 180 g/mol. The molecule has 0 aliphatic carbocycles. The lowest BCUT2D eigenvalue weighted by atomic mass is 10.3. The maximum Gasteiger partial charge on any atom is 0.189 e. The molecule has 0 aliphatic heterocycles. The Kier molecular flexibility index (Phi) is 1.73. The minimum atomic E-state index is 0.782. The van der Waals surface area contributed by atoms with E-state index in [-0.39, 0.29) is 0 Å². The molecule has 0 amide bonds. The highest BCUT2D eigenvalue weighted by atomic mass is 32.2. The molecule has 0 atom stereocenters. The van der Waals surface area contributed by atoms with Gasteiger partial charge in [-0.2, -0.15) is 5.10 Å². The predicted octanol–water partition coefficient (Wildman–Crippen LogP) is 1.38. The third-order valence-corrected chi connectivity index (χ3v) is 2.21. The van der Waals surface area contributed by atoms with Gasteiger partial charge in [-0.05, 0) is 13.2 Å². The normalized spacial score (nSPS) is 10.8. The van der Waals surface area contributed by atoms with E-state index >= 15 is 0 Å². The number of aromatic nitrogens is 4. The first-order valence-electron chi connectivity index (χ1n) is 3.53. The summed E-state index contributed by atoms with van der Waals surface area (Å²) in [5.74, 6) is 0. The van der Waals surface area contributed by atoms with Crippen LogP contribution in [0.5, 0.6) is 0 Å². The molecule has 0 spiro atoms. The fraction of sp³-hybridized carbons (Fsp3) is 0.286. The van der Waals surface area contributed by atoms with E-state index in [0.29, 0.717) is 0 Å². The number of rotatable bonds is 1. The van der Waals surface area contributed by atoms with Crippen LogP contribution >= 0.6 is 11.8 Å². The second-order valence-electron chi connectivity index (χ2n) is 2.43. The van der Waals surface area contributed by atoms with E-state index in [1.807, 2.05) is 13.2 Å². The molecule has 0 aromatic carbocycles. The number of aryl methyl sites for hydroxylation is 1. The number of thioether (sulfide) groups is 1. The highest BCUT2D eigenvalue weighted by Gasteiger charge is 2.03. The van der Waals surface area contributed by atoms with Crippen LogP contribution in [0.25, 0.3) is 11.0 Å². The van der Waals surface area contributed by atoms with E-state index in [2.05, 4.69) is 20.2 Å². The van der Waals surface area contributed by atoms with E-state index in [0.717, 1.165) is 21.9 Å². The summed E-state index contributed by atoms with van der Waals surface area (Å²) in [6.07, 6.45) is 3.70. The minimum Gasteiger partial charge on any atom is -0.261 e. The molecule has 0 fully saturated rings. The van der Waals surface area contributed by atoms with Gasteiger partial charge in [0.2, 0.25) is 0 Å². The standard InChI is InChI=1S/C7H8N4S/c1-4-5-3-8-11-6(5)10-7(9-4)12-2/h3H,1-2H3,(H,8,9,10,11). The monoisotopic (exact) mass is 180 g/mol. The van der Waals surface area contributed by atoms with Crippen molar-refractivity contribution in [2.75, 3.05) is 6.26 Å². The Morgan fingerprint density at radius 2 is 2.25 bits per heavy atom. The fourth-order valence-electron chi connectivity index (χ4n) is 1.04. The molecule has 0 bridgehead atoms. The van der Waals surface area contributed by atoms with Gasteiger partial charge in [0.25, 0.3) is 0 Å². The van der Waals surface area contributed by atoms with Crippen molar-refractivity contribution in [3.63, 3.8) is 0 Å². The van der Waals surface area contributed by atoms with Crippen LogP contribution in [0.2, 0.25) is 0 Å². The lowest BCUT2D eigenvalue weighted by Crippen LogP contribution is -1.90. The van der Waals surface area contributed by atoms with Crippen molar-refractivity contribution in [2.45, 2.75) is 12.1 Å². The van der Waals surface area contributed by atoms with E-state index < -0.39 is 0 Å². The first kappa shape index (κ1) is 7.54. The van der Waals surface area contributed by atoms with Crippen molar-refractivity contribution in [1.82, 2.24) is 20.2 Å². The lowest BCUT2D eigenvalue weighted by Gasteiger charge is -1.96. The maximum atomic E-state index is 4.28. The number of nitrogens with one attached hydrogen (secondary N) is 1. The number of nitrogens with zero attached hydrogens (tertiary/aromatic N) is 3. The summed E-state index contributed by atoms with van der Waals surface area (Å²) in [4.78, 5) is 8.53. The van der Waals surface area contributed by atoms with E-state index in [9.17, 15) is 0 Å². The molecule has 2 heterocycles. The zero-order valence-corrected chi connectivity index (χ0v) is 7.64. The van der Waals surface area contributed by atoms with Crippen molar-refractivity contribution in [3.8, 4) is 0 Å². The Morgan fingerprint density at radius 3 is 3.00 bits per heavy atom. The first-order chi connectivity index (χ1) is 5.81. The number of H-pyrrole nitrogens is 1. The molecule has 2 aromatic heterocycles.